The Hall–Kier alpha value is -1.45. The maximum absolute atomic E-state index is 12.5. The van der Waals surface area contributed by atoms with Crippen molar-refractivity contribution in [3.05, 3.63) is 58.3 Å². The van der Waals surface area contributed by atoms with Crippen molar-refractivity contribution in [1.82, 2.24) is 4.90 Å². The predicted octanol–water partition coefficient (Wildman–Crippen LogP) is 4.16. The summed E-state index contributed by atoms with van der Waals surface area (Å²) in [5.74, 6) is 0.676. The molecule has 116 valence electrons. The highest BCUT2D eigenvalue weighted by Gasteiger charge is 2.25. The van der Waals surface area contributed by atoms with Gasteiger partial charge in [0.05, 0.1) is 0 Å². The fraction of sp³-hybridized carbons (Fsp3) is 0.421. The van der Waals surface area contributed by atoms with Crippen molar-refractivity contribution in [2.24, 2.45) is 5.92 Å². The highest BCUT2D eigenvalue weighted by Crippen LogP contribution is 2.21. The number of carbonyl (C=O) groups excluding carboxylic acids is 1. The first-order valence-electron chi connectivity index (χ1n) is 8.11. The number of hydrogen-bond acceptors (Lipinski definition) is 3. The van der Waals surface area contributed by atoms with Crippen molar-refractivity contribution >= 4 is 17.1 Å². The van der Waals surface area contributed by atoms with E-state index in [1.807, 2.05) is 18.2 Å². The Morgan fingerprint density at radius 1 is 1.18 bits per heavy atom. The molecule has 22 heavy (non-hydrogen) atoms. The van der Waals surface area contributed by atoms with E-state index in [0.717, 1.165) is 38.9 Å². The highest BCUT2D eigenvalue weighted by molar-refractivity contribution is 7.07. The van der Waals surface area contributed by atoms with E-state index in [2.05, 4.69) is 33.9 Å². The van der Waals surface area contributed by atoms with Crippen LogP contribution in [0.3, 0.4) is 0 Å². The van der Waals surface area contributed by atoms with Crippen LogP contribution < -0.4 is 0 Å². The highest BCUT2D eigenvalue weighted by atomic mass is 32.1. The lowest BCUT2D eigenvalue weighted by atomic mass is 9.90. The summed E-state index contributed by atoms with van der Waals surface area (Å²) in [6.07, 6.45) is 3.77. The second kappa shape index (κ2) is 7.70. The molecule has 1 saturated heterocycles. The van der Waals surface area contributed by atoms with Crippen molar-refractivity contribution in [2.45, 2.75) is 32.2 Å². The Morgan fingerprint density at radius 2 is 2.05 bits per heavy atom. The number of hydrogen-bond donors (Lipinski definition) is 0. The van der Waals surface area contributed by atoms with Gasteiger partial charge in [0, 0.05) is 25.4 Å². The summed E-state index contributed by atoms with van der Waals surface area (Å²) in [7, 11) is 0. The summed E-state index contributed by atoms with van der Waals surface area (Å²) >= 11 is 1.75. The number of piperidine rings is 1. The van der Waals surface area contributed by atoms with Gasteiger partial charge in [-0.1, -0.05) is 30.3 Å². The summed E-state index contributed by atoms with van der Waals surface area (Å²) < 4.78 is 0. The van der Waals surface area contributed by atoms with E-state index in [-0.39, 0.29) is 5.92 Å². The first-order valence-corrected chi connectivity index (χ1v) is 9.05. The number of benzene rings is 1. The molecular formula is C19H23NOS. The van der Waals surface area contributed by atoms with Crippen molar-refractivity contribution in [1.29, 1.82) is 0 Å². The molecule has 3 rings (SSSR count). The minimum atomic E-state index is 0.232. The lowest BCUT2D eigenvalue weighted by Gasteiger charge is -2.31. The fourth-order valence-electron chi connectivity index (χ4n) is 3.22. The zero-order valence-electron chi connectivity index (χ0n) is 12.9. The monoisotopic (exact) mass is 313 g/mol. The number of Topliss-reactive ketones (excluding diaryl/α,β-unsaturated/α-hetero) is 1. The Bertz CT molecular complexity index is 579. The number of ketones is 1. The molecule has 0 N–H and O–H groups in total. The fourth-order valence-corrected chi connectivity index (χ4v) is 3.88. The Morgan fingerprint density at radius 3 is 2.82 bits per heavy atom. The SMILES string of the molecule is O=C(CCc1ccccc1)[C@H]1CCCN(Cc2ccsc2)C1. The van der Waals surface area contributed by atoms with Crippen molar-refractivity contribution in [3.8, 4) is 0 Å². The molecule has 1 aromatic heterocycles. The number of aryl methyl sites for hydroxylation is 1. The molecule has 0 unspecified atom stereocenters. The van der Waals surface area contributed by atoms with Crippen LogP contribution in [0.15, 0.2) is 47.2 Å². The normalized spacial score (nSPS) is 19.2. The van der Waals surface area contributed by atoms with Gasteiger partial charge in [0.1, 0.15) is 5.78 Å². The van der Waals surface area contributed by atoms with Gasteiger partial charge >= 0.3 is 0 Å². The van der Waals surface area contributed by atoms with Gasteiger partial charge in [-0.15, -0.1) is 0 Å². The molecule has 3 heteroatoms. The lowest BCUT2D eigenvalue weighted by molar-refractivity contribution is -0.124. The van der Waals surface area contributed by atoms with Gasteiger partial charge in [0.25, 0.3) is 0 Å². The van der Waals surface area contributed by atoms with E-state index in [4.69, 9.17) is 0 Å². The molecule has 2 nitrogen and oxygen atoms in total. The molecule has 1 aliphatic heterocycles. The summed E-state index contributed by atoms with van der Waals surface area (Å²) in [4.78, 5) is 14.9. The number of likely N-dealkylation sites (tertiary alicyclic amines) is 1. The molecule has 1 aromatic carbocycles. The predicted molar refractivity (Wildman–Crippen MR) is 92.1 cm³/mol. The molecule has 0 radical (unpaired) electrons. The third kappa shape index (κ3) is 4.28. The van der Waals surface area contributed by atoms with Crippen LogP contribution in [0.2, 0.25) is 0 Å². The summed E-state index contributed by atoms with van der Waals surface area (Å²) in [5.41, 5.74) is 2.64. The van der Waals surface area contributed by atoms with Crippen LogP contribution in [0.25, 0.3) is 0 Å². The minimum Gasteiger partial charge on any atom is -0.299 e. The second-order valence-corrected chi connectivity index (χ2v) is 6.94. The van der Waals surface area contributed by atoms with Gasteiger partial charge < -0.3 is 0 Å². The van der Waals surface area contributed by atoms with Crippen LogP contribution in [0.4, 0.5) is 0 Å². The van der Waals surface area contributed by atoms with E-state index in [1.54, 1.807) is 11.3 Å². The van der Waals surface area contributed by atoms with Crippen LogP contribution in [0.1, 0.15) is 30.4 Å². The Kier molecular flexibility index (Phi) is 5.41. The van der Waals surface area contributed by atoms with Crippen LogP contribution in [0, 0.1) is 5.92 Å². The number of nitrogens with zero attached hydrogens (tertiary/aromatic N) is 1. The lowest BCUT2D eigenvalue weighted by Crippen LogP contribution is -2.38. The van der Waals surface area contributed by atoms with Gasteiger partial charge in [-0.25, -0.2) is 0 Å². The van der Waals surface area contributed by atoms with Crippen molar-refractivity contribution in [3.63, 3.8) is 0 Å². The molecular weight excluding hydrogens is 290 g/mol. The van der Waals surface area contributed by atoms with Crippen LogP contribution in [0.5, 0.6) is 0 Å². The molecule has 1 atom stereocenters. The molecule has 0 spiro atoms. The smallest absolute Gasteiger partial charge is 0.137 e. The quantitative estimate of drug-likeness (QED) is 0.798. The van der Waals surface area contributed by atoms with Gasteiger partial charge in [-0.3, -0.25) is 9.69 Å². The average molecular weight is 313 g/mol. The third-order valence-corrected chi connectivity index (χ3v) is 5.18. The topological polar surface area (TPSA) is 20.3 Å². The average Bonchev–Trinajstić information content (AvgIpc) is 3.07. The molecule has 0 amide bonds. The van der Waals surface area contributed by atoms with Crippen LogP contribution in [-0.4, -0.2) is 23.8 Å². The first kappa shape index (κ1) is 15.4. The third-order valence-electron chi connectivity index (χ3n) is 4.45. The number of thiophene rings is 1. The van der Waals surface area contributed by atoms with Crippen LogP contribution >= 0.6 is 11.3 Å². The summed E-state index contributed by atoms with van der Waals surface area (Å²) in [6.45, 7) is 3.05. The van der Waals surface area contributed by atoms with Gasteiger partial charge in [0.2, 0.25) is 0 Å². The maximum Gasteiger partial charge on any atom is 0.137 e. The molecule has 2 heterocycles. The molecule has 2 aromatic rings. The van der Waals surface area contributed by atoms with Gasteiger partial charge in [-0.05, 0) is 53.8 Å². The largest absolute Gasteiger partial charge is 0.299 e. The second-order valence-electron chi connectivity index (χ2n) is 6.16. The molecule has 1 aliphatic rings. The van der Waals surface area contributed by atoms with E-state index in [0.29, 0.717) is 12.2 Å². The van der Waals surface area contributed by atoms with Gasteiger partial charge in [-0.2, -0.15) is 11.3 Å². The Labute approximate surface area is 136 Å². The van der Waals surface area contributed by atoms with Crippen molar-refractivity contribution < 1.29 is 4.79 Å². The van der Waals surface area contributed by atoms with E-state index in [9.17, 15) is 4.79 Å². The standard InChI is InChI=1S/C19H23NOS/c21-19(9-8-16-5-2-1-3-6-16)18-7-4-11-20(14-18)13-17-10-12-22-15-17/h1-3,5-6,10,12,15,18H,4,7-9,11,13-14H2/t18-/m0/s1. The number of rotatable bonds is 6. The van der Waals surface area contributed by atoms with Gasteiger partial charge in [0.15, 0.2) is 0 Å². The van der Waals surface area contributed by atoms with Crippen molar-refractivity contribution in [2.75, 3.05) is 13.1 Å². The van der Waals surface area contributed by atoms with E-state index >= 15 is 0 Å². The van der Waals surface area contributed by atoms with Crippen LogP contribution in [-0.2, 0) is 17.8 Å². The first-order chi connectivity index (χ1) is 10.8. The minimum absolute atomic E-state index is 0.232. The summed E-state index contributed by atoms with van der Waals surface area (Å²) in [6, 6.07) is 12.5. The van der Waals surface area contributed by atoms with E-state index in [1.165, 1.54) is 11.1 Å². The maximum atomic E-state index is 12.5. The zero-order valence-corrected chi connectivity index (χ0v) is 13.7. The number of carbonyl (C=O) groups is 1. The van der Waals surface area contributed by atoms with E-state index < -0.39 is 0 Å². The molecule has 0 aliphatic carbocycles. The molecule has 0 saturated carbocycles. The zero-order chi connectivity index (χ0) is 15.2. The Balaban J connectivity index is 1.49. The summed E-state index contributed by atoms with van der Waals surface area (Å²) in [5, 5.41) is 4.34. The molecule has 1 fully saturated rings. The molecule has 0 bridgehead atoms.